The normalized spacial score (nSPS) is 10.8. The number of H-pyrrole nitrogens is 1. The second-order valence-corrected chi connectivity index (χ2v) is 5.89. The van der Waals surface area contributed by atoms with Gasteiger partial charge in [0.2, 0.25) is 0 Å². The highest BCUT2D eigenvalue weighted by atomic mass is 16.2. The summed E-state index contributed by atoms with van der Waals surface area (Å²) in [6.07, 6.45) is 3.59. The van der Waals surface area contributed by atoms with E-state index in [1.165, 1.54) is 6.07 Å². The van der Waals surface area contributed by atoms with Crippen molar-refractivity contribution in [3.05, 3.63) is 94.5 Å². The summed E-state index contributed by atoms with van der Waals surface area (Å²) in [7, 11) is 0. The van der Waals surface area contributed by atoms with Crippen LogP contribution >= 0.6 is 0 Å². The van der Waals surface area contributed by atoms with Crippen LogP contribution < -0.4 is 10.7 Å². The fraction of sp³-hybridized carbons (Fsp3) is 0.0500. The van der Waals surface area contributed by atoms with Gasteiger partial charge in [0.15, 0.2) is 5.43 Å². The van der Waals surface area contributed by atoms with Crippen LogP contribution in [-0.4, -0.2) is 20.7 Å². The van der Waals surface area contributed by atoms with Gasteiger partial charge in [0, 0.05) is 35.9 Å². The topological polar surface area (TPSA) is 79.8 Å². The fourth-order valence-electron chi connectivity index (χ4n) is 2.78. The van der Waals surface area contributed by atoms with Crippen LogP contribution in [0.5, 0.6) is 0 Å². The zero-order chi connectivity index (χ0) is 17.9. The number of carbonyl (C=O) groups excluding carboxylic acids is 1. The molecule has 2 aromatic carbocycles. The van der Waals surface area contributed by atoms with Gasteiger partial charge < -0.3 is 10.3 Å². The van der Waals surface area contributed by atoms with Crippen LogP contribution in [0.15, 0.2) is 77.9 Å². The number of benzene rings is 2. The van der Waals surface area contributed by atoms with Gasteiger partial charge in [0.1, 0.15) is 5.69 Å². The molecule has 0 aliphatic carbocycles. The third kappa shape index (κ3) is 3.12. The lowest BCUT2D eigenvalue weighted by molar-refractivity contribution is 0.0946. The molecule has 6 heteroatoms. The average Bonchev–Trinajstić information content (AvgIpc) is 3.21. The summed E-state index contributed by atoms with van der Waals surface area (Å²) in [5, 5.41) is 7.57. The lowest BCUT2D eigenvalue weighted by Gasteiger charge is -2.08. The summed E-state index contributed by atoms with van der Waals surface area (Å²) in [5.74, 6) is -0.316. The minimum Gasteiger partial charge on any atom is -0.350 e. The van der Waals surface area contributed by atoms with E-state index in [1.807, 2.05) is 42.6 Å². The van der Waals surface area contributed by atoms with E-state index in [0.29, 0.717) is 17.4 Å². The smallest absolute Gasteiger partial charge is 0.268 e. The molecular formula is C20H16N4O2. The van der Waals surface area contributed by atoms with Gasteiger partial charge >= 0.3 is 0 Å². The molecule has 2 aromatic heterocycles. The molecule has 0 radical (unpaired) electrons. The van der Waals surface area contributed by atoms with Crippen molar-refractivity contribution >= 4 is 16.8 Å². The predicted octanol–water partition coefficient (Wildman–Crippen LogP) is 2.64. The van der Waals surface area contributed by atoms with Crippen molar-refractivity contribution in [2.24, 2.45) is 0 Å². The van der Waals surface area contributed by atoms with Gasteiger partial charge in [-0.1, -0.05) is 24.3 Å². The molecule has 0 fully saturated rings. The molecular weight excluding hydrogens is 328 g/mol. The van der Waals surface area contributed by atoms with Crippen LogP contribution in [0.25, 0.3) is 16.6 Å². The number of aromatic amines is 1. The standard InChI is InChI=1S/C20H16N4O2/c25-19-12-18(23-17-5-2-1-4-16(17)19)20(26)21-13-14-6-8-15(9-7-14)24-11-3-10-22-24/h1-12H,13H2,(H,21,26)(H,23,25). The fourth-order valence-corrected chi connectivity index (χ4v) is 2.78. The molecule has 26 heavy (non-hydrogen) atoms. The summed E-state index contributed by atoms with van der Waals surface area (Å²) >= 11 is 0. The Morgan fingerprint density at radius 3 is 2.65 bits per heavy atom. The Balaban J connectivity index is 1.48. The Bertz CT molecular complexity index is 1110. The number of fused-ring (bicyclic) bond motifs is 1. The van der Waals surface area contributed by atoms with Crippen molar-refractivity contribution in [1.29, 1.82) is 0 Å². The molecule has 2 heterocycles. The third-order valence-electron chi connectivity index (χ3n) is 4.14. The number of nitrogens with zero attached hydrogens (tertiary/aromatic N) is 2. The first-order valence-corrected chi connectivity index (χ1v) is 8.20. The van der Waals surface area contributed by atoms with Gasteiger partial charge in [-0.3, -0.25) is 9.59 Å². The minimum absolute atomic E-state index is 0.173. The number of amides is 1. The van der Waals surface area contributed by atoms with Crippen LogP contribution in [0.3, 0.4) is 0 Å². The molecule has 0 saturated carbocycles. The van der Waals surface area contributed by atoms with E-state index in [9.17, 15) is 9.59 Å². The number of carbonyl (C=O) groups is 1. The van der Waals surface area contributed by atoms with Crippen LogP contribution in [0.4, 0.5) is 0 Å². The maximum atomic E-state index is 12.4. The van der Waals surface area contributed by atoms with E-state index < -0.39 is 0 Å². The Morgan fingerprint density at radius 2 is 1.88 bits per heavy atom. The molecule has 2 N–H and O–H groups in total. The Morgan fingerprint density at radius 1 is 1.08 bits per heavy atom. The quantitative estimate of drug-likeness (QED) is 0.597. The van der Waals surface area contributed by atoms with Crippen molar-refractivity contribution in [2.45, 2.75) is 6.54 Å². The summed E-state index contributed by atoms with van der Waals surface area (Å²) in [4.78, 5) is 27.5. The molecule has 4 rings (SSSR count). The Labute approximate surface area is 149 Å². The first-order valence-electron chi connectivity index (χ1n) is 8.20. The number of hydrogen-bond acceptors (Lipinski definition) is 3. The number of pyridine rings is 1. The van der Waals surface area contributed by atoms with Gasteiger partial charge in [-0.25, -0.2) is 4.68 Å². The van der Waals surface area contributed by atoms with E-state index in [1.54, 1.807) is 29.1 Å². The van der Waals surface area contributed by atoms with E-state index in [-0.39, 0.29) is 17.0 Å². The molecule has 1 amide bonds. The first kappa shape index (κ1) is 15.8. The largest absolute Gasteiger partial charge is 0.350 e. The molecule has 6 nitrogen and oxygen atoms in total. The van der Waals surface area contributed by atoms with E-state index >= 15 is 0 Å². The van der Waals surface area contributed by atoms with E-state index in [4.69, 9.17) is 0 Å². The molecule has 128 valence electrons. The van der Waals surface area contributed by atoms with E-state index in [0.717, 1.165) is 11.3 Å². The molecule has 0 aliphatic rings. The number of rotatable bonds is 4. The molecule has 4 aromatic rings. The van der Waals surface area contributed by atoms with E-state index in [2.05, 4.69) is 15.4 Å². The summed E-state index contributed by atoms with van der Waals surface area (Å²) in [6.45, 7) is 0.368. The molecule has 0 atom stereocenters. The third-order valence-corrected chi connectivity index (χ3v) is 4.14. The zero-order valence-electron chi connectivity index (χ0n) is 13.8. The van der Waals surface area contributed by atoms with Crippen molar-refractivity contribution in [3.8, 4) is 5.69 Å². The highest BCUT2D eigenvalue weighted by Crippen LogP contribution is 2.10. The van der Waals surface area contributed by atoms with Gasteiger partial charge in [-0.2, -0.15) is 5.10 Å². The maximum absolute atomic E-state index is 12.4. The predicted molar refractivity (Wildman–Crippen MR) is 99.3 cm³/mol. The maximum Gasteiger partial charge on any atom is 0.268 e. The van der Waals surface area contributed by atoms with Crippen LogP contribution in [0, 0.1) is 0 Å². The van der Waals surface area contributed by atoms with Gasteiger partial charge in [0.05, 0.1) is 5.69 Å². The van der Waals surface area contributed by atoms with Crippen LogP contribution in [-0.2, 0) is 6.54 Å². The molecule has 0 aliphatic heterocycles. The lowest BCUT2D eigenvalue weighted by atomic mass is 10.2. The van der Waals surface area contributed by atoms with Crippen LogP contribution in [0.2, 0.25) is 0 Å². The molecule has 0 unspecified atom stereocenters. The van der Waals surface area contributed by atoms with Crippen LogP contribution in [0.1, 0.15) is 16.1 Å². The summed E-state index contributed by atoms with van der Waals surface area (Å²) in [6, 6.07) is 18.1. The van der Waals surface area contributed by atoms with Gasteiger partial charge in [-0.15, -0.1) is 0 Å². The second kappa shape index (κ2) is 6.68. The van der Waals surface area contributed by atoms with Gasteiger partial charge in [0.25, 0.3) is 5.91 Å². The summed E-state index contributed by atoms with van der Waals surface area (Å²) < 4.78 is 1.77. The zero-order valence-corrected chi connectivity index (χ0v) is 13.8. The first-order chi connectivity index (χ1) is 12.7. The Kier molecular flexibility index (Phi) is 4.07. The number of nitrogens with one attached hydrogen (secondary N) is 2. The lowest BCUT2D eigenvalue weighted by Crippen LogP contribution is -2.25. The highest BCUT2D eigenvalue weighted by Gasteiger charge is 2.09. The molecule has 0 bridgehead atoms. The van der Waals surface area contributed by atoms with Crippen molar-refractivity contribution in [2.75, 3.05) is 0 Å². The molecule has 0 spiro atoms. The monoisotopic (exact) mass is 344 g/mol. The Hall–Kier alpha value is -3.67. The average molecular weight is 344 g/mol. The SMILES string of the molecule is O=C(NCc1ccc(-n2cccn2)cc1)c1cc(=O)c2ccccc2[nH]1. The number of aromatic nitrogens is 3. The van der Waals surface area contributed by atoms with Crippen molar-refractivity contribution < 1.29 is 4.79 Å². The number of para-hydroxylation sites is 1. The minimum atomic E-state index is -0.316. The van der Waals surface area contributed by atoms with Gasteiger partial charge in [-0.05, 0) is 35.9 Å². The van der Waals surface area contributed by atoms with Crippen molar-refractivity contribution in [1.82, 2.24) is 20.1 Å². The van der Waals surface area contributed by atoms with Crippen molar-refractivity contribution in [3.63, 3.8) is 0 Å². The summed E-state index contributed by atoms with van der Waals surface area (Å²) in [5.41, 5.74) is 2.63. The molecule has 0 saturated heterocycles. The second-order valence-electron chi connectivity index (χ2n) is 5.89. The number of hydrogen-bond donors (Lipinski definition) is 2. The highest BCUT2D eigenvalue weighted by molar-refractivity contribution is 5.94.